The summed E-state index contributed by atoms with van der Waals surface area (Å²) < 4.78 is 10.5. The van der Waals surface area contributed by atoms with Crippen molar-refractivity contribution in [2.75, 3.05) is 13.1 Å². The van der Waals surface area contributed by atoms with Crippen LogP contribution in [0.1, 0.15) is 42.5 Å². The van der Waals surface area contributed by atoms with E-state index in [1.54, 1.807) is 17.2 Å². The van der Waals surface area contributed by atoms with Crippen molar-refractivity contribution in [3.05, 3.63) is 41.7 Å². The molecule has 2 aromatic heterocycles. The van der Waals surface area contributed by atoms with Crippen molar-refractivity contribution >= 4 is 11.8 Å². The lowest BCUT2D eigenvalue weighted by Gasteiger charge is -2.26. The van der Waals surface area contributed by atoms with Gasteiger partial charge < -0.3 is 18.7 Å². The summed E-state index contributed by atoms with van der Waals surface area (Å²) in [7, 11) is 0. The van der Waals surface area contributed by atoms with E-state index in [9.17, 15) is 9.59 Å². The van der Waals surface area contributed by atoms with Crippen molar-refractivity contribution in [3.8, 4) is 0 Å². The van der Waals surface area contributed by atoms with E-state index in [0.717, 1.165) is 30.1 Å². The van der Waals surface area contributed by atoms with Crippen molar-refractivity contribution in [1.82, 2.24) is 15.0 Å². The summed E-state index contributed by atoms with van der Waals surface area (Å²) in [5.41, 5.74) is 0.806. The third kappa shape index (κ3) is 3.06. The van der Waals surface area contributed by atoms with Crippen molar-refractivity contribution < 1.29 is 18.5 Å². The maximum atomic E-state index is 13.0. The summed E-state index contributed by atoms with van der Waals surface area (Å²) in [6.45, 7) is 3.42. The molecule has 2 atom stereocenters. The van der Waals surface area contributed by atoms with Crippen molar-refractivity contribution in [2.24, 2.45) is 5.92 Å². The number of amides is 2. The fourth-order valence-corrected chi connectivity index (χ4v) is 3.80. The number of rotatable bonds is 4. The lowest BCUT2D eigenvalue weighted by molar-refractivity contribution is -0.136. The van der Waals surface area contributed by atoms with Crippen LogP contribution >= 0.6 is 0 Å². The molecule has 2 saturated heterocycles. The normalized spacial score (nSPS) is 23.6. The van der Waals surface area contributed by atoms with Gasteiger partial charge in [-0.25, -0.2) is 0 Å². The number of furan rings is 1. The van der Waals surface area contributed by atoms with E-state index in [2.05, 4.69) is 5.16 Å². The van der Waals surface area contributed by atoms with Crippen LogP contribution in [0.25, 0.3) is 0 Å². The second-order valence-corrected chi connectivity index (χ2v) is 6.81. The van der Waals surface area contributed by atoms with Crippen molar-refractivity contribution in [2.45, 2.75) is 38.8 Å². The molecule has 0 saturated carbocycles. The van der Waals surface area contributed by atoms with Crippen LogP contribution in [-0.4, -0.2) is 39.9 Å². The zero-order valence-corrected chi connectivity index (χ0v) is 14.2. The summed E-state index contributed by atoms with van der Waals surface area (Å²) in [5.74, 6) is 1.23. The molecule has 2 aromatic rings. The number of carbonyl (C=O) groups excluding carboxylic acids is 2. The van der Waals surface area contributed by atoms with Gasteiger partial charge >= 0.3 is 0 Å². The first-order chi connectivity index (χ1) is 12.1. The van der Waals surface area contributed by atoms with Crippen molar-refractivity contribution in [3.63, 3.8) is 0 Å². The number of hydrogen-bond acceptors (Lipinski definition) is 5. The highest BCUT2D eigenvalue weighted by Crippen LogP contribution is 2.34. The van der Waals surface area contributed by atoms with Gasteiger partial charge in [0.25, 0.3) is 0 Å². The van der Waals surface area contributed by atoms with E-state index in [4.69, 9.17) is 8.94 Å². The number of carbonyl (C=O) groups is 2. The van der Waals surface area contributed by atoms with E-state index in [1.807, 2.05) is 24.0 Å². The van der Waals surface area contributed by atoms with E-state index in [-0.39, 0.29) is 30.2 Å². The second kappa shape index (κ2) is 6.38. The standard InChI is InChI=1S/C18H21N3O4/c1-12-8-15(19-25-12)16-5-2-6-21(16)18(23)13-9-17(22)20(10-13)11-14-4-3-7-24-14/h3-4,7-8,13,16H,2,5-6,9-11H2,1H3/t13-,16+/m0/s1. The maximum absolute atomic E-state index is 13.0. The molecule has 7 heteroatoms. The van der Waals surface area contributed by atoms with Crippen LogP contribution in [0.4, 0.5) is 0 Å². The van der Waals surface area contributed by atoms with E-state index in [1.165, 1.54) is 0 Å². The molecule has 2 amide bonds. The Morgan fingerprint density at radius 1 is 1.44 bits per heavy atom. The first kappa shape index (κ1) is 15.9. The number of nitrogens with zero attached hydrogens (tertiary/aromatic N) is 3. The fourth-order valence-electron chi connectivity index (χ4n) is 3.80. The summed E-state index contributed by atoms with van der Waals surface area (Å²) in [5, 5.41) is 4.08. The molecule has 0 N–H and O–H groups in total. The molecule has 132 valence electrons. The fraction of sp³-hybridized carbons (Fsp3) is 0.500. The molecular weight excluding hydrogens is 322 g/mol. The van der Waals surface area contributed by atoms with Gasteiger partial charge in [-0.1, -0.05) is 5.16 Å². The minimum absolute atomic E-state index is 0.00257. The SMILES string of the molecule is Cc1cc([C@H]2CCCN2C(=O)[C@H]2CC(=O)N(Cc3ccco3)C2)no1. The van der Waals surface area contributed by atoms with Crippen LogP contribution in [0.2, 0.25) is 0 Å². The molecule has 2 fully saturated rings. The van der Waals surface area contributed by atoms with Gasteiger partial charge in [0.1, 0.15) is 17.2 Å². The zero-order chi connectivity index (χ0) is 17.4. The molecule has 0 unspecified atom stereocenters. The first-order valence-electron chi connectivity index (χ1n) is 8.65. The number of aromatic nitrogens is 1. The lowest BCUT2D eigenvalue weighted by atomic mass is 10.1. The van der Waals surface area contributed by atoms with Gasteiger partial charge in [0.2, 0.25) is 11.8 Å². The summed E-state index contributed by atoms with van der Waals surface area (Å²) in [6.07, 6.45) is 3.68. The summed E-state index contributed by atoms with van der Waals surface area (Å²) >= 11 is 0. The Bertz CT molecular complexity index is 767. The maximum Gasteiger partial charge on any atom is 0.228 e. The van der Waals surface area contributed by atoms with Crippen LogP contribution < -0.4 is 0 Å². The third-order valence-electron chi connectivity index (χ3n) is 5.01. The Hall–Kier alpha value is -2.57. The van der Waals surface area contributed by atoms with Gasteiger partial charge in [0, 0.05) is 25.6 Å². The Kier molecular flexibility index (Phi) is 4.07. The van der Waals surface area contributed by atoms with Gasteiger partial charge in [-0.3, -0.25) is 9.59 Å². The molecule has 2 aliphatic rings. The van der Waals surface area contributed by atoms with E-state index < -0.39 is 0 Å². The monoisotopic (exact) mass is 343 g/mol. The average molecular weight is 343 g/mol. The molecule has 2 aliphatic heterocycles. The highest BCUT2D eigenvalue weighted by atomic mass is 16.5. The second-order valence-electron chi connectivity index (χ2n) is 6.81. The van der Waals surface area contributed by atoms with E-state index >= 15 is 0 Å². The van der Waals surface area contributed by atoms with Gasteiger partial charge in [0.15, 0.2) is 0 Å². The smallest absolute Gasteiger partial charge is 0.228 e. The van der Waals surface area contributed by atoms with Crippen LogP contribution in [0.3, 0.4) is 0 Å². The molecule has 4 rings (SSSR count). The zero-order valence-electron chi connectivity index (χ0n) is 14.2. The molecule has 4 heterocycles. The van der Waals surface area contributed by atoms with Crippen LogP contribution in [-0.2, 0) is 16.1 Å². The third-order valence-corrected chi connectivity index (χ3v) is 5.01. The topological polar surface area (TPSA) is 79.8 Å². The Morgan fingerprint density at radius 2 is 2.32 bits per heavy atom. The molecule has 0 bridgehead atoms. The predicted molar refractivity (Wildman–Crippen MR) is 87.2 cm³/mol. The number of aryl methyl sites for hydroxylation is 1. The molecule has 0 radical (unpaired) electrons. The molecular formula is C18H21N3O4. The predicted octanol–water partition coefficient (Wildman–Crippen LogP) is 2.29. The Balaban J connectivity index is 1.44. The van der Waals surface area contributed by atoms with Gasteiger partial charge in [-0.2, -0.15) is 0 Å². The first-order valence-corrected chi connectivity index (χ1v) is 8.65. The minimum atomic E-state index is -0.295. The average Bonchev–Trinajstić information content (AvgIpc) is 3.35. The molecule has 25 heavy (non-hydrogen) atoms. The molecule has 7 nitrogen and oxygen atoms in total. The quantitative estimate of drug-likeness (QED) is 0.851. The molecule has 0 spiro atoms. The van der Waals surface area contributed by atoms with Crippen LogP contribution in [0.15, 0.2) is 33.4 Å². The number of likely N-dealkylation sites (tertiary alicyclic amines) is 2. The Morgan fingerprint density at radius 3 is 3.04 bits per heavy atom. The molecule has 0 aromatic carbocycles. The highest BCUT2D eigenvalue weighted by molar-refractivity contribution is 5.89. The largest absolute Gasteiger partial charge is 0.467 e. The van der Waals surface area contributed by atoms with Gasteiger partial charge in [-0.05, 0) is 31.9 Å². The van der Waals surface area contributed by atoms with Crippen LogP contribution in [0, 0.1) is 12.8 Å². The van der Waals surface area contributed by atoms with Gasteiger partial charge in [0.05, 0.1) is 24.8 Å². The summed E-state index contributed by atoms with van der Waals surface area (Å²) in [4.78, 5) is 28.8. The van der Waals surface area contributed by atoms with E-state index in [0.29, 0.717) is 19.6 Å². The van der Waals surface area contributed by atoms with Crippen LogP contribution in [0.5, 0.6) is 0 Å². The van der Waals surface area contributed by atoms with Gasteiger partial charge in [-0.15, -0.1) is 0 Å². The lowest BCUT2D eigenvalue weighted by Crippen LogP contribution is -2.37. The Labute approximate surface area is 145 Å². The van der Waals surface area contributed by atoms with Crippen molar-refractivity contribution in [1.29, 1.82) is 0 Å². The minimum Gasteiger partial charge on any atom is -0.467 e. The molecule has 0 aliphatic carbocycles. The highest BCUT2D eigenvalue weighted by Gasteiger charge is 2.41. The number of hydrogen-bond donors (Lipinski definition) is 0. The summed E-state index contributed by atoms with van der Waals surface area (Å²) in [6, 6.07) is 5.48.